The molecule has 3 aliphatic heterocycles. The fourth-order valence-corrected chi connectivity index (χ4v) is 5.93. The molecule has 1 aromatic carbocycles. The van der Waals surface area contributed by atoms with E-state index in [0.717, 1.165) is 49.4 Å². The van der Waals surface area contributed by atoms with Crippen LogP contribution in [0.4, 0.5) is 0 Å². The average Bonchev–Trinajstić information content (AvgIpc) is 3.15. The van der Waals surface area contributed by atoms with Crippen molar-refractivity contribution in [1.29, 1.82) is 0 Å². The number of piperidine rings is 1. The number of nitrogens with zero attached hydrogens (tertiary/aromatic N) is 4. The lowest BCUT2D eigenvalue weighted by atomic mass is 9.86. The summed E-state index contributed by atoms with van der Waals surface area (Å²) in [5, 5.41) is 10.6. The topological polar surface area (TPSA) is 105 Å². The molecule has 2 aromatic rings. The van der Waals surface area contributed by atoms with E-state index in [1.807, 2.05) is 30.3 Å². The van der Waals surface area contributed by atoms with E-state index in [0.29, 0.717) is 30.5 Å². The molecular weight excluding hydrogens is 446 g/mol. The molecule has 4 aliphatic rings. The Hall–Kier alpha value is -3.33. The second kappa shape index (κ2) is 9.03. The van der Waals surface area contributed by atoms with E-state index in [1.165, 1.54) is 6.42 Å². The summed E-state index contributed by atoms with van der Waals surface area (Å²) in [6, 6.07) is 9.38. The number of imide groups is 1. The number of likely N-dealkylation sites (tertiary alicyclic amines) is 1. The monoisotopic (exact) mass is 475 g/mol. The van der Waals surface area contributed by atoms with Gasteiger partial charge < -0.3 is 9.64 Å². The minimum atomic E-state index is -0.603. The SMILES string of the molecule is O=C1CCC(N2Cc3cc(O[C@@H]4CCCC[C@@H]4N4CC(c5cccnn5)C4)ccc3C2=O)C(=O)N1. The molecule has 1 saturated carbocycles. The maximum atomic E-state index is 13.0. The summed E-state index contributed by atoms with van der Waals surface area (Å²) in [6.45, 7) is 2.31. The Morgan fingerprint density at radius 2 is 1.89 bits per heavy atom. The van der Waals surface area contributed by atoms with Gasteiger partial charge in [-0.05, 0) is 61.6 Å². The van der Waals surface area contributed by atoms with Crippen LogP contribution >= 0.6 is 0 Å². The fourth-order valence-electron chi connectivity index (χ4n) is 5.93. The Morgan fingerprint density at radius 1 is 1.03 bits per heavy atom. The first-order chi connectivity index (χ1) is 17.1. The average molecular weight is 476 g/mol. The van der Waals surface area contributed by atoms with Gasteiger partial charge in [-0.25, -0.2) is 0 Å². The Balaban J connectivity index is 1.12. The van der Waals surface area contributed by atoms with Crippen molar-refractivity contribution in [3.8, 4) is 5.75 Å². The summed E-state index contributed by atoms with van der Waals surface area (Å²) < 4.78 is 6.52. The van der Waals surface area contributed by atoms with Crippen LogP contribution < -0.4 is 10.1 Å². The number of ether oxygens (including phenoxy) is 1. The van der Waals surface area contributed by atoms with Crippen LogP contribution in [0.15, 0.2) is 36.5 Å². The van der Waals surface area contributed by atoms with Gasteiger partial charge in [-0.2, -0.15) is 10.2 Å². The first-order valence-electron chi connectivity index (χ1n) is 12.5. The largest absolute Gasteiger partial charge is 0.489 e. The summed E-state index contributed by atoms with van der Waals surface area (Å²) in [4.78, 5) is 40.8. The van der Waals surface area contributed by atoms with Crippen molar-refractivity contribution in [3.05, 3.63) is 53.3 Å². The van der Waals surface area contributed by atoms with Crippen molar-refractivity contribution >= 4 is 17.7 Å². The maximum Gasteiger partial charge on any atom is 0.255 e. The molecule has 3 amide bonds. The van der Waals surface area contributed by atoms with Gasteiger partial charge in [-0.3, -0.25) is 24.6 Å². The standard InChI is InChI=1S/C26H29N5O4/c32-24-10-9-22(25(33)28-24)31-15-16-12-18(7-8-19(16)26(31)34)35-23-6-2-1-5-21(23)30-13-17(14-30)20-4-3-11-27-29-20/h3-4,7-8,11-12,17,21-23H,1-2,5-6,9-10,13-15H2,(H,28,32,33)/t21-,22?,23+/m0/s1. The maximum absolute atomic E-state index is 13.0. The summed E-state index contributed by atoms with van der Waals surface area (Å²) in [6.07, 6.45) is 6.91. The zero-order valence-corrected chi connectivity index (χ0v) is 19.6. The molecule has 9 heteroatoms. The highest BCUT2D eigenvalue weighted by molar-refractivity contribution is 6.05. The minimum Gasteiger partial charge on any atom is -0.489 e. The van der Waals surface area contributed by atoms with Gasteiger partial charge in [0.15, 0.2) is 0 Å². The van der Waals surface area contributed by atoms with Crippen LogP contribution in [-0.4, -0.2) is 69.0 Å². The number of aromatic nitrogens is 2. The van der Waals surface area contributed by atoms with Crippen LogP contribution in [0.3, 0.4) is 0 Å². The number of hydrogen-bond donors (Lipinski definition) is 1. The molecule has 1 unspecified atom stereocenters. The Morgan fingerprint density at radius 3 is 2.69 bits per heavy atom. The van der Waals surface area contributed by atoms with Crippen LogP contribution in [0.25, 0.3) is 0 Å². The van der Waals surface area contributed by atoms with Crippen molar-refractivity contribution in [2.45, 2.75) is 69.2 Å². The zero-order chi connectivity index (χ0) is 23.9. The lowest BCUT2D eigenvalue weighted by Crippen LogP contribution is -2.57. The molecule has 6 rings (SSSR count). The third kappa shape index (κ3) is 4.18. The van der Waals surface area contributed by atoms with E-state index in [2.05, 4.69) is 20.4 Å². The molecule has 1 N–H and O–H groups in total. The molecule has 1 aliphatic carbocycles. The molecule has 1 aromatic heterocycles. The van der Waals surface area contributed by atoms with Crippen LogP contribution in [0.5, 0.6) is 5.75 Å². The van der Waals surface area contributed by atoms with Crippen LogP contribution in [-0.2, 0) is 16.1 Å². The van der Waals surface area contributed by atoms with E-state index >= 15 is 0 Å². The third-order valence-corrected chi connectivity index (χ3v) is 7.84. The Kier molecular flexibility index (Phi) is 5.72. The summed E-state index contributed by atoms with van der Waals surface area (Å²) in [7, 11) is 0. The summed E-state index contributed by atoms with van der Waals surface area (Å²) >= 11 is 0. The molecular formula is C26H29N5O4. The number of fused-ring (bicyclic) bond motifs is 1. The van der Waals surface area contributed by atoms with E-state index in [1.54, 1.807) is 11.1 Å². The van der Waals surface area contributed by atoms with E-state index < -0.39 is 11.9 Å². The van der Waals surface area contributed by atoms with Crippen molar-refractivity contribution in [3.63, 3.8) is 0 Å². The minimum absolute atomic E-state index is 0.105. The molecule has 3 atom stereocenters. The van der Waals surface area contributed by atoms with Crippen LogP contribution in [0.1, 0.15) is 66.1 Å². The Bertz CT molecular complexity index is 1150. The van der Waals surface area contributed by atoms with Gasteiger partial charge in [0.25, 0.3) is 5.91 Å². The van der Waals surface area contributed by atoms with Crippen molar-refractivity contribution in [2.24, 2.45) is 0 Å². The van der Waals surface area contributed by atoms with E-state index in [9.17, 15) is 14.4 Å². The van der Waals surface area contributed by atoms with Crippen LogP contribution in [0, 0.1) is 0 Å². The van der Waals surface area contributed by atoms with Crippen molar-refractivity contribution in [1.82, 2.24) is 25.3 Å². The van der Waals surface area contributed by atoms with Gasteiger partial charge in [0.05, 0.1) is 5.69 Å². The molecule has 35 heavy (non-hydrogen) atoms. The highest BCUT2D eigenvalue weighted by Gasteiger charge is 2.41. The van der Waals surface area contributed by atoms with Gasteiger partial charge in [-0.15, -0.1) is 0 Å². The van der Waals surface area contributed by atoms with Gasteiger partial charge in [0.2, 0.25) is 11.8 Å². The molecule has 4 heterocycles. The first kappa shape index (κ1) is 22.2. The second-order valence-electron chi connectivity index (χ2n) is 10.0. The lowest BCUT2D eigenvalue weighted by Gasteiger charge is -2.48. The van der Waals surface area contributed by atoms with Gasteiger partial charge in [-0.1, -0.05) is 6.42 Å². The molecule has 0 bridgehead atoms. The predicted molar refractivity (Wildman–Crippen MR) is 126 cm³/mol. The number of carbonyl (C=O) groups is 3. The number of amides is 3. The van der Waals surface area contributed by atoms with Gasteiger partial charge >= 0.3 is 0 Å². The normalized spacial score (nSPS) is 27.4. The van der Waals surface area contributed by atoms with Crippen molar-refractivity contribution in [2.75, 3.05) is 13.1 Å². The lowest BCUT2D eigenvalue weighted by molar-refractivity contribution is -0.136. The number of nitrogens with one attached hydrogen (secondary N) is 1. The van der Waals surface area contributed by atoms with Gasteiger partial charge in [0, 0.05) is 49.8 Å². The highest BCUT2D eigenvalue weighted by Crippen LogP contribution is 2.36. The molecule has 0 radical (unpaired) electrons. The predicted octanol–water partition coefficient (Wildman–Crippen LogP) is 2.03. The second-order valence-corrected chi connectivity index (χ2v) is 10.0. The summed E-state index contributed by atoms with van der Waals surface area (Å²) in [5.74, 6) is 0.365. The quantitative estimate of drug-likeness (QED) is 0.660. The van der Waals surface area contributed by atoms with Gasteiger partial charge in [0.1, 0.15) is 17.9 Å². The fraction of sp³-hybridized carbons (Fsp3) is 0.500. The van der Waals surface area contributed by atoms with Crippen LogP contribution in [0.2, 0.25) is 0 Å². The Labute approximate surface area is 203 Å². The molecule has 9 nitrogen and oxygen atoms in total. The van der Waals surface area contributed by atoms with E-state index in [4.69, 9.17) is 4.74 Å². The smallest absolute Gasteiger partial charge is 0.255 e. The molecule has 2 saturated heterocycles. The number of carbonyl (C=O) groups excluding carboxylic acids is 3. The number of rotatable bonds is 5. The highest BCUT2D eigenvalue weighted by atomic mass is 16.5. The number of hydrogen-bond acceptors (Lipinski definition) is 7. The van der Waals surface area contributed by atoms with Crippen molar-refractivity contribution < 1.29 is 19.1 Å². The summed E-state index contributed by atoms with van der Waals surface area (Å²) in [5.41, 5.74) is 2.54. The third-order valence-electron chi connectivity index (χ3n) is 7.84. The number of benzene rings is 1. The first-order valence-corrected chi connectivity index (χ1v) is 12.5. The molecule has 3 fully saturated rings. The molecule has 182 valence electrons. The zero-order valence-electron chi connectivity index (χ0n) is 19.6. The van der Waals surface area contributed by atoms with E-state index in [-0.39, 0.29) is 24.3 Å². The molecule has 0 spiro atoms.